The maximum atomic E-state index is 13.9. The maximum Gasteiger partial charge on any atom is 0.246 e. The van der Waals surface area contributed by atoms with Crippen molar-refractivity contribution in [3.8, 4) is 22.6 Å². The van der Waals surface area contributed by atoms with E-state index < -0.39 is 5.54 Å². The Kier molecular flexibility index (Phi) is 8.50. The molecule has 5 heterocycles. The molecule has 2 aliphatic rings. The van der Waals surface area contributed by atoms with Crippen LogP contribution < -0.4 is 5.32 Å². The van der Waals surface area contributed by atoms with Gasteiger partial charge in [-0.15, -0.1) is 0 Å². The largest absolute Gasteiger partial charge is 0.338 e. The van der Waals surface area contributed by atoms with Gasteiger partial charge in [-0.05, 0) is 93.2 Å². The van der Waals surface area contributed by atoms with E-state index in [1.165, 1.54) is 12.1 Å². The second kappa shape index (κ2) is 13.1. The predicted octanol–water partition coefficient (Wildman–Crippen LogP) is 4.48. The molecule has 2 aliphatic heterocycles. The number of carbonyl (C=O) groups excluding carboxylic acids is 2. The van der Waals surface area contributed by atoms with Crippen LogP contribution in [0.3, 0.4) is 0 Å². The van der Waals surface area contributed by atoms with Gasteiger partial charge in [-0.3, -0.25) is 29.5 Å². The van der Waals surface area contributed by atoms with Crippen molar-refractivity contribution < 1.29 is 14.0 Å². The molecule has 0 saturated carbocycles. The van der Waals surface area contributed by atoms with Crippen molar-refractivity contribution in [3.63, 3.8) is 0 Å². The highest BCUT2D eigenvalue weighted by Gasteiger charge is 2.47. The van der Waals surface area contributed by atoms with Crippen molar-refractivity contribution in [2.24, 2.45) is 0 Å². The van der Waals surface area contributed by atoms with E-state index in [0.717, 1.165) is 33.3 Å². The van der Waals surface area contributed by atoms with E-state index in [0.29, 0.717) is 56.2 Å². The molecule has 0 aliphatic carbocycles. The van der Waals surface area contributed by atoms with Crippen LogP contribution in [0.4, 0.5) is 10.1 Å². The fourth-order valence-corrected chi connectivity index (χ4v) is 6.51. The van der Waals surface area contributed by atoms with Crippen LogP contribution in [0.2, 0.25) is 0 Å². The van der Waals surface area contributed by atoms with Crippen LogP contribution >= 0.6 is 0 Å². The number of rotatable bonds is 8. The summed E-state index contributed by atoms with van der Waals surface area (Å²) < 4.78 is 13.5. The number of amides is 2. The Balaban J connectivity index is 0.979. The molecule has 5 aromatic rings. The summed E-state index contributed by atoms with van der Waals surface area (Å²) in [6.45, 7) is 2.44. The summed E-state index contributed by atoms with van der Waals surface area (Å²) in [4.78, 5) is 46.3. The minimum Gasteiger partial charge on any atom is -0.338 e. The van der Waals surface area contributed by atoms with E-state index in [1.54, 1.807) is 36.8 Å². The lowest BCUT2D eigenvalue weighted by molar-refractivity contribution is -0.132. The van der Waals surface area contributed by atoms with Crippen molar-refractivity contribution in [1.82, 2.24) is 39.8 Å². The van der Waals surface area contributed by atoms with Crippen LogP contribution in [0.5, 0.6) is 0 Å². The summed E-state index contributed by atoms with van der Waals surface area (Å²) in [5.41, 5.74) is 4.97. The van der Waals surface area contributed by atoms with E-state index >= 15 is 0 Å². The van der Waals surface area contributed by atoms with E-state index in [9.17, 15) is 14.0 Å². The molecule has 1 unspecified atom stereocenters. The third-order valence-electron chi connectivity index (χ3n) is 9.38. The highest BCUT2D eigenvalue weighted by atomic mass is 19.1. The Labute approximate surface area is 277 Å². The van der Waals surface area contributed by atoms with Crippen LogP contribution in [0.25, 0.3) is 39.1 Å². The third kappa shape index (κ3) is 6.19. The van der Waals surface area contributed by atoms with E-state index in [2.05, 4.69) is 41.4 Å². The number of anilines is 1. The number of carbonyl (C=O) groups is 2. The highest BCUT2D eigenvalue weighted by molar-refractivity contribution is 6.02. The predicted molar refractivity (Wildman–Crippen MR) is 182 cm³/mol. The lowest BCUT2D eigenvalue weighted by atomic mass is 9.95. The average Bonchev–Trinajstić information content (AvgIpc) is 3.74. The van der Waals surface area contributed by atoms with Gasteiger partial charge in [0.1, 0.15) is 11.4 Å². The molecule has 11 nitrogen and oxygen atoms in total. The molecule has 0 bridgehead atoms. The van der Waals surface area contributed by atoms with Crippen LogP contribution in [0, 0.1) is 5.82 Å². The summed E-state index contributed by atoms with van der Waals surface area (Å²) in [7, 11) is 3.81. The summed E-state index contributed by atoms with van der Waals surface area (Å²) in [5, 5.41) is 11.4. The molecule has 7 rings (SSSR count). The summed E-state index contributed by atoms with van der Waals surface area (Å²) in [6, 6.07) is 17.5. The number of pyridine rings is 1. The van der Waals surface area contributed by atoms with Gasteiger partial charge in [0.15, 0.2) is 5.82 Å². The standard InChI is InChI=1S/C36H36FN9O2/c1-44(2)36(35(48)41-28-9-11-31-29(20-28)33(43-42-31)25-4-7-27(37)8-5-25)14-19-45(23-36)22-32(47)46-17-12-24(13-18-46)30-10-6-26(21-40-30)34-38-15-3-16-39-34/h3-12,15-16,20-21H,13-14,17-19,22-23H2,1-2H3,(H,41,48)(H,42,43). The first-order valence-corrected chi connectivity index (χ1v) is 15.9. The van der Waals surface area contributed by atoms with Crippen LogP contribution in [0.15, 0.2) is 85.3 Å². The smallest absolute Gasteiger partial charge is 0.246 e. The molecule has 0 spiro atoms. The fourth-order valence-electron chi connectivity index (χ4n) is 6.51. The number of aromatic nitrogens is 5. The second-order valence-corrected chi connectivity index (χ2v) is 12.5. The lowest BCUT2D eigenvalue weighted by Crippen LogP contribution is -2.56. The number of likely N-dealkylation sites (N-methyl/N-ethyl adjacent to an activating group) is 1. The van der Waals surface area contributed by atoms with Gasteiger partial charge in [0.25, 0.3) is 0 Å². The van der Waals surface area contributed by atoms with Gasteiger partial charge in [0, 0.05) is 67.0 Å². The molecular weight excluding hydrogens is 609 g/mol. The molecule has 244 valence electrons. The first-order valence-electron chi connectivity index (χ1n) is 15.9. The Morgan fingerprint density at radius 2 is 1.79 bits per heavy atom. The number of aromatic amines is 1. The lowest BCUT2D eigenvalue weighted by Gasteiger charge is -2.35. The molecule has 1 fully saturated rings. The normalized spacial score (nSPS) is 18.3. The van der Waals surface area contributed by atoms with Crippen molar-refractivity contribution >= 4 is 34.0 Å². The van der Waals surface area contributed by atoms with Crippen LogP contribution in [-0.2, 0) is 9.59 Å². The molecule has 1 saturated heterocycles. The Hall–Kier alpha value is -5.33. The van der Waals surface area contributed by atoms with Gasteiger partial charge >= 0.3 is 0 Å². The van der Waals surface area contributed by atoms with Crippen LogP contribution in [-0.4, -0.2) is 104 Å². The SMILES string of the molecule is CN(C)C1(C(=O)Nc2ccc3[nH]nc(-c4ccc(F)cc4)c3c2)CCN(CC(=O)N2CC=C(c3ccc(-c4ncccn4)cn3)CC2)C1. The molecule has 12 heteroatoms. The van der Waals surface area contributed by atoms with Gasteiger partial charge in [0.2, 0.25) is 11.8 Å². The van der Waals surface area contributed by atoms with Crippen LogP contribution in [0.1, 0.15) is 18.5 Å². The minimum absolute atomic E-state index is 0.0449. The zero-order chi connectivity index (χ0) is 33.3. The van der Waals surface area contributed by atoms with Crippen molar-refractivity contribution in [2.45, 2.75) is 18.4 Å². The summed E-state index contributed by atoms with van der Waals surface area (Å²) in [5.74, 6) is 0.237. The molecule has 2 aromatic carbocycles. The van der Waals surface area contributed by atoms with E-state index in [-0.39, 0.29) is 24.2 Å². The number of benzene rings is 2. The zero-order valence-corrected chi connectivity index (χ0v) is 26.9. The Morgan fingerprint density at radius 1 is 1.00 bits per heavy atom. The Bertz CT molecular complexity index is 1980. The number of nitrogens with zero attached hydrogens (tertiary/aromatic N) is 7. The molecular formula is C36H36FN9O2. The number of hydrogen-bond donors (Lipinski definition) is 2. The number of likely N-dealkylation sites (tertiary alicyclic amines) is 1. The van der Waals surface area contributed by atoms with Crippen molar-refractivity contribution in [1.29, 1.82) is 0 Å². The van der Waals surface area contributed by atoms with E-state index in [1.807, 2.05) is 54.2 Å². The molecule has 1 atom stereocenters. The second-order valence-electron chi connectivity index (χ2n) is 12.5. The van der Waals surface area contributed by atoms with E-state index in [4.69, 9.17) is 0 Å². The number of fused-ring (bicyclic) bond motifs is 1. The van der Waals surface area contributed by atoms with Crippen molar-refractivity contribution in [2.75, 3.05) is 52.1 Å². The zero-order valence-electron chi connectivity index (χ0n) is 26.9. The highest BCUT2D eigenvalue weighted by Crippen LogP contribution is 2.32. The molecule has 0 radical (unpaired) electrons. The molecule has 2 N–H and O–H groups in total. The van der Waals surface area contributed by atoms with Gasteiger partial charge in [-0.2, -0.15) is 5.10 Å². The first kappa shape index (κ1) is 31.3. The monoisotopic (exact) mass is 645 g/mol. The van der Waals surface area contributed by atoms with Gasteiger partial charge in [-0.1, -0.05) is 6.08 Å². The Morgan fingerprint density at radius 3 is 2.50 bits per heavy atom. The first-order chi connectivity index (χ1) is 23.3. The fraction of sp³-hybridized carbons (Fsp3) is 0.278. The van der Waals surface area contributed by atoms with Crippen molar-refractivity contribution in [3.05, 3.63) is 96.8 Å². The summed E-state index contributed by atoms with van der Waals surface area (Å²) >= 11 is 0. The minimum atomic E-state index is -0.803. The third-order valence-corrected chi connectivity index (χ3v) is 9.38. The maximum absolute atomic E-state index is 13.9. The number of nitrogens with one attached hydrogen (secondary N) is 2. The molecule has 2 amide bonds. The van der Waals surface area contributed by atoms with Gasteiger partial charge in [-0.25, -0.2) is 14.4 Å². The number of H-pyrrole nitrogens is 1. The average molecular weight is 646 g/mol. The number of halogens is 1. The quantitative estimate of drug-likeness (QED) is 0.253. The number of hydrogen-bond acceptors (Lipinski definition) is 8. The molecule has 3 aromatic heterocycles. The topological polar surface area (TPSA) is 123 Å². The van der Waals surface area contributed by atoms with Gasteiger partial charge in [0.05, 0.1) is 23.4 Å². The molecule has 48 heavy (non-hydrogen) atoms. The summed E-state index contributed by atoms with van der Waals surface area (Å²) in [6.07, 6.45) is 8.58. The van der Waals surface area contributed by atoms with Gasteiger partial charge < -0.3 is 10.2 Å².